The highest BCUT2D eigenvalue weighted by atomic mass is 16.7. The van der Waals surface area contributed by atoms with E-state index in [9.17, 15) is 40.5 Å². The van der Waals surface area contributed by atoms with Crippen molar-refractivity contribution in [3.63, 3.8) is 0 Å². The molecule has 11 heteroatoms. The third-order valence-corrected chi connectivity index (χ3v) is 8.98. The zero-order valence-corrected chi connectivity index (χ0v) is 29.7. The average Bonchev–Trinajstić information content (AvgIpc) is 3.08. The van der Waals surface area contributed by atoms with Crippen molar-refractivity contribution >= 4 is 5.91 Å². The van der Waals surface area contributed by atoms with Crippen LogP contribution in [-0.4, -0.2) is 110 Å². The molecule has 11 nitrogen and oxygen atoms in total. The standard InChI is InChI=1S/C37H69NO10/c1-3-5-7-9-11-13-14-15-17-18-20-22-24-29(40)32(42)28(27-47-37-35(45)34(44)33(43)31(26-39)48-37)38-36(46)30(41)25-23-21-19-16-12-10-8-6-4-2/h11,13,17-18,28-35,37,39-45H,3-10,12,14-16,19-27H2,1-2H3,(H,38,46)/b13-11+,18-17+. The topological polar surface area (TPSA) is 189 Å². The van der Waals surface area contributed by atoms with E-state index in [4.69, 9.17) is 9.47 Å². The van der Waals surface area contributed by atoms with Crippen molar-refractivity contribution in [1.82, 2.24) is 5.32 Å². The molecule has 1 aliphatic rings. The summed E-state index contributed by atoms with van der Waals surface area (Å²) in [5, 5.41) is 74.9. The van der Waals surface area contributed by atoms with Gasteiger partial charge in [0.25, 0.3) is 0 Å². The van der Waals surface area contributed by atoms with Gasteiger partial charge in [-0.2, -0.15) is 0 Å². The maximum absolute atomic E-state index is 12.9. The van der Waals surface area contributed by atoms with Crippen molar-refractivity contribution in [1.29, 1.82) is 0 Å². The maximum Gasteiger partial charge on any atom is 0.249 e. The van der Waals surface area contributed by atoms with E-state index in [1.807, 2.05) is 6.08 Å². The van der Waals surface area contributed by atoms with Crippen LogP contribution in [0.15, 0.2) is 24.3 Å². The molecule has 0 radical (unpaired) electrons. The predicted molar refractivity (Wildman–Crippen MR) is 187 cm³/mol. The zero-order chi connectivity index (χ0) is 35.6. The number of unbranched alkanes of at least 4 members (excludes halogenated alkanes) is 13. The molecule has 0 saturated carbocycles. The first kappa shape index (κ1) is 44.6. The number of carbonyl (C=O) groups excluding carboxylic acids is 1. The molecule has 8 N–H and O–H groups in total. The summed E-state index contributed by atoms with van der Waals surface area (Å²) in [7, 11) is 0. The van der Waals surface area contributed by atoms with Gasteiger partial charge in [0.05, 0.1) is 25.4 Å². The largest absolute Gasteiger partial charge is 0.394 e. The van der Waals surface area contributed by atoms with E-state index < -0.39 is 74.2 Å². The van der Waals surface area contributed by atoms with Gasteiger partial charge in [0.2, 0.25) is 5.91 Å². The molecule has 0 bridgehead atoms. The van der Waals surface area contributed by atoms with Crippen molar-refractivity contribution in [2.45, 2.75) is 191 Å². The Balaban J connectivity index is 2.64. The van der Waals surface area contributed by atoms with E-state index in [1.165, 1.54) is 51.4 Å². The fourth-order valence-electron chi connectivity index (χ4n) is 5.75. The lowest BCUT2D eigenvalue weighted by Crippen LogP contribution is -2.60. The lowest BCUT2D eigenvalue weighted by Gasteiger charge is -2.40. The molecule has 9 unspecified atom stereocenters. The SMILES string of the molecule is CCCCC/C=C/CC/C=C/CCCC(O)C(O)C(COC1OC(CO)C(O)C(O)C1O)NC(=O)C(O)CCCCCCCCCCC. The van der Waals surface area contributed by atoms with Crippen LogP contribution < -0.4 is 5.32 Å². The number of amides is 1. The van der Waals surface area contributed by atoms with Crippen LogP contribution >= 0.6 is 0 Å². The Bertz CT molecular complexity index is 841. The van der Waals surface area contributed by atoms with E-state index in [-0.39, 0.29) is 12.8 Å². The number of carbonyl (C=O) groups is 1. The Labute approximate surface area is 289 Å². The van der Waals surface area contributed by atoms with Crippen LogP contribution in [0, 0.1) is 0 Å². The number of nitrogens with one attached hydrogen (secondary N) is 1. The van der Waals surface area contributed by atoms with E-state index >= 15 is 0 Å². The molecule has 282 valence electrons. The lowest BCUT2D eigenvalue weighted by molar-refractivity contribution is -0.303. The fraction of sp³-hybridized carbons (Fsp3) is 0.865. The van der Waals surface area contributed by atoms with Gasteiger partial charge in [-0.05, 0) is 51.4 Å². The summed E-state index contributed by atoms with van der Waals surface area (Å²) in [6.45, 7) is 3.31. The minimum atomic E-state index is -1.67. The highest BCUT2D eigenvalue weighted by Crippen LogP contribution is 2.23. The number of allylic oxidation sites excluding steroid dienone is 4. The monoisotopic (exact) mass is 687 g/mol. The highest BCUT2D eigenvalue weighted by molar-refractivity contribution is 5.80. The van der Waals surface area contributed by atoms with Gasteiger partial charge in [0.15, 0.2) is 6.29 Å². The van der Waals surface area contributed by atoms with Gasteiger partial charge in [0.1, 0.15) is 36.6 Å². The van der Waals surface area contributed by atoms with Gasteiger partial charge in [-0.15, -0.1) is 0 Å². The fourth-order valence-corrected chi connectivity index (χ4v) is 5.75. The minimum absolute atomic E-state index is 0.246. The zero-order valence-electron chi connectivity index (χ0n) is 29.7. The maximum atomic E-state index is 12.9. The quantitative estimate of drug-likeness (QED) is 0.0423. The van der Waals surface area contributed by atoms with Crippen molar-refractivity contribution < 1.29 is 50.0 Å². The van der Waals surface area contributed by atoms with Crippen LogP contribution in [0.3, 0.4) is 0 Å². The molecule has 1 amide bonds. The molecule has 1 rings (SSSR count). The molecule has 1 fully saturated rings. The molecular formula is C37H69NO10. The van der Waals surface area contributed by atoms with E-state index in [0.29, 0.717) is 19.3 Å². The van der Waals surface area contributed by atoms with E-state index in [1.54, 1.807) is 0 Å². The third-order valence-electron chi connectivity index (χ3n) is 8.98. The van der Waals surface area contributed by atoms with Crippen LogP contribution in [0.4, 0.5) is 0 Å². The molecule has 48 heavy (non-hydrogen) atoms. The summed E-state index contributed by atoms with van der Waals surface area (Å²) in [6.07, 6.45) is 15.4. The first-order valence-corrected chi connectivity index (χ1v) is 18.7. The summed E-state index contributed by atoms with van der Waals surface area (Å²) >= 11 is 0. The van der Waals surface area contributed by atoms with Gasteiger partial charge >= 0.3 is 0 Å². The first-order valence-electron chi connectivity index (χ1n) is 18.7. The van der Waals surface area contributed by atoms with Crippen LogP contribution in [0.2, 0.25) is 0 Å². The second kappa shape index (κ2) is 28.3. The second-order valence-electron chi connectivity index (χ2n) is 13.3. The number of hydrogen-bond donors (Lipinski definition) is 8. The van der Waals surface area contributed by atoms with Crippen molar-refractivity contribution in [2.24, 2.45) is 0 Å². The van der Waals surface area contributed by atoms with Crippen LogP contribution in [-0.2, 0) is 14.3 Å². The molecular weight excluding hydrogens is 618 g/mol. The smallest absolute Gasteiger partial charge is 0.249 e. The molecule has 9 atom stereocenters. The summed E-state index contributed by atoms with van der Waals surface area (Å²) < 4.78 is 11.0. The number of aliphatic hydroxyl groups excluding tert-OH is 7. The number of rotatable bonds is 29. The van der Waals surface area contributed by atoms with Crippen molar-refractivity contribution in [3.8, 4) is 0 Å². The summed E-state index contributed by atoms with van der Waals surface area (Å²) in [5.74, 6) is -0.717. The Morgan fingerprint density at radius 2 is 1.25 bits per heavy atom. The Morgan fingerprint density at radius 3 is 1.85 bits per heavy atom. The second-order valence-corrected chi connectivity index (χ2v) is 13.3. The summed E-state index contributed by atoms with van der Waals surface area (Å²) in [5.41, 5.74) is 0. The molecule has 0 aromatic carbocycles. The van der Waals surface area contributed by atoms with Gasteiger partial charge in [-0.3, -0.25) is 4.79 Å². The molecule has 1 aliphatic heterocycles. The average molecular weight is 688 g/mol. The van der Waals surface area contributed by atoms with Crippen molar-refractivity contribution in [3.05, 3.63) is 24.3 Å². The molecule has 0 spiro atoms. The van der Waals surface area contributed by atoms with Gasteiger partial charge in [-0.1, -0.05) is 109 Å². The van der Waals surface area contributed by atoms with E-state index in [2.05, 4.69) is 37.4 Å². The summed E-state index contributed by atoms with van der Waals surface area (Å²) in [4.78, 5) is 12.9. The lowest BCUT2D eigenvalue weighted by atomic mass is 9.98. The van der Waals surface area contributed by atoms with Crippen LogP contribution in [0.5, 0.6) is 0 Å². The third kappa shape index (κ3) is 19.1. The highest BCUT2D eigenvalue weighted by Gasteiger charge is 2.44. The van der Waals surface area contributed by atoms with Gasteiger partial charge in [-0.25, -0.2) is 0 Å². The van der Waals surface area contributed by atoms with Crippen LogP contribution in [0.1, 0.15) is 136 Å². The Morgan fingerprint density at radius 1 is 0.708 bits per heavy atom. The molecule has 1 heterocycles. The Hall–Kier alpha value is -1.41. The molecule has 0 aliphatic carbocycles. The van der Waals surface area contributed by atoms with Crippen LogP contribution in [0.25, 0.3) is 0 Å². The van der Waals surface area contributed by atoms with Gasteiger partial charge in [0, 0.05) is 0 Å². The number of hydrogen-bond acceptors (Lipinski definition) is 10. The normalized spacial score (nSPS) is 24.2. The van der Waals surface area contributed by atoms with E-state index in [0.717, 1.165) is 38.5 Å². The Kier molecular flexibility index (Phi) is 26.3. The number of aliphatic hydroxyl groups is 7. The van der Waals surface area contributed by atoms with Crippen molar-refractivity contribution in [2.75, 3.05) is 13.2 Å². The molecule has 0 aromatic heterocycles. The molecule has 0 aromatic rings. The minimum Gasteiger partial charge on any atom is -0.394 e. The predicted octanol–water partition coefficient (Wildman–Crippen LogP) is 3.93. The molecule has 1 saturated heterocycles. The first-order chi connectivity index (χ1) is 23.2. The summed E-state index contributed by atoms with van der Waals surface area (Å²) in [6, 6.07) is -1.18. The number of ether oxygens (including phenoxy) is 2. The van der Waals surface area contributed by atoms with Gasteiger partial charge < -0.3 is 50.5 Å².